The second-order valence-corrected chi connectivity index (χ2v) is 5.39. The van der Waals surface area contributed by atoms with Crippen LogP contribution < -0.4 is 0 Å². The molecule has 0 atom stereocenters. The number of hydrogen-bond donors (Lipinski definition) is 0. The van der Waals surface area contributed by atoms with Crippen LogP contribution in [0.4, 0.5) is 0 Å². The Hall–Kier alpha value is -0.900. The fourth-order valence-electron chi connectivity index (χ4n) is 1.53. The van der Waals surface area contributed by atoms with E-state index in [9.17, 15) is 4.79 Å². The summed E-state index contributed by atoms with van der Waals surface area (Å²) in [5.74, 6) is -0.0440. The first-order valence-electron chi connectivity index (χ1n) is 5.14. The van der Waals surface area contributed by atoms with Crippen LogP contribution in [0.2, 0.25) is 10.0 Å². The molecule has 0 saturated heterocycles. The SMILES string of the molecule is O=C(Cc1ccncc1Cl)c1cc(Cl)ccc1Br. The smallest absolute Gasteiger partial charge is 0.168 e. The van der Waals surface area contributed by atoms with E-state index in [0.29, 0.717) is 15.6 Å². The van der Waals surface area contributed by atoms with Crippen molar-refractivity contribution in [3.63, 3.8) is 0 Å². The van der Waals surface area contributed by atoms with Gasteiger partial charge in [0.05, 0.1) is 5.02 Å². The second kappa shape index (κ2) is 5.83. The first kappa shape index (κ1) is 13.5. The van der Waals surface area contributed by atoms with Gasteiger partial charge in [0.1, 0.15) is 0 Å². The van der Waals surface area contributed by atoms with Gasteiger partial charge in [-0.25, -0.2) is 0 Å². The van der Waals surface area contributed by atoms with Gasteiger partial charge in [0.2, 0.25) is 0 Å². The van der Waals surface area contributed by atoms with E-state index in [1.165, 1.54) is 6.20 Å². The predicted octanol–water partition coefficient (Wildman–Crippen LogP) is 4.58. The van der Waals surface area contributed by atoms with Gasteiger partial charge in [-0.1, -0.05) is 39.1 Å². The molecule has 0 radical (unpaired) electrons. The Morgan fingerprint density at radius 3 is 2.78 bits per heavy atom. The topological polar surface area (TPSA) is 30.0 Å². The normalized spacial score (nSPS) is 10.4. The van der Waals surface area contributed by atoms with Crippen molar-refractivity contribution in [1.82, 2.24) is 4.98 Å². The van der Waals surface area contributed by atoms with Crippen LogP contribution in [-0.2, 0) is 6.42 Å². The number of halogens is 3. The Bertz CT molecular complexity index is 601. The lowest BCUT2D eigenvalue weighted by Gasteiger charge is -2.05. The number of Topliss-reactive ketones (excluding diaryl/α,β-unsaturated/α-hetero) is 1. The first-order valence-corrected chi connectivity index (χ1v) is 6.69. The summed E-state index contributed by atoms with van der Waals surface area (Å²) in [5, 5.41) is 1.02. The predicted molar refractivity (Wildman–Crippen MR) is 76.4 cm³/mol. The highest BCUT2D eigenvalue weighted by molar-refractivity contribution is 9.10. The third kappa shape index (κ3) is 3.10. The Kier molecular flexibility index (Phi) is 4.38. The molecular weight excluding hydrogens is 337 g/mol. The molecule has 0 spiro atoms. The van der Waals surface area contributed by atoms with E-state index < -0.39 is 0 Å². The average molecular weight is 345 g/mol. The monoisotopic (exact) mass is 343 g/mol. The zero-order valence-corrected chi connectivity index (χ0v) is 12.3. The van der Waals surface area contributed by atoms with Crippen molar-refractivity contribution in [3.8, 4) is 0 Å². The Morgan fingerprint density at radius 1 is 1.28 bits per heavy atom. The summed E-state index contributed by atoms with van der Waals surface area (Å²) >= 11 is 15.2. The molecule has 0 aliphatic rings. The summed E-state index contributed by atoms with van der Waals surface area (Å²) in [5.41, 5.74) is 1.30. The number of nitrogens with zero attached hydrogens (tertiary/aromatic N) is 1. The van der Waals surface area contributed by atoms with E-state index in [1.807, 2.05) is 0 Å². The van der Waals surface area contributed by atoms with Gasteiger partial charge in [-0.15, -0.1) is 0 Å². The lowest BCUT2D eigenvalue weighted by molar-refractivity contribution is 0.0992. The van der Waals surface area contributed by atoms with Crippen LogP contribution >= 0.6 is 39.1 Å². The van der Waals surface area contributed by atoms with Crippen molar-refractivity contribution in [2.75, 3.05) is 0 Å². The lowest BCUT2D eigenvalue weighted by Crippen LogP contribution is -2.05. The number of carbonyl (C=O) groups is 1. The van der Waals surface area contributed by atoms with E-state index in [1.54, 1.807) is 30.5 Å². The molecule has 0 saturated carbocycles. The quantitative estimate of drug-likeness (QED) is 0.763. The van der Waals surface area contributed by atoms with Gasteiger partial charge in [0, 0.05) is 33.9 Å². The largest absolute Gasteiger partial charge is 0.294 e. The van der Waals surface area contributed by atoms with E-state index in [4.69, 9.17) is 23.2 Å². The van der Waals surface area contributed by atoms with Crippen LogP contribution in [0.25, 0.3) is 0 Å². The zero-order chi connectivity index (χ0) is 13.1. The van der Waals surface area contributed by atoms with Crippen LogP contribution in [0, 0.1) is 0 Å². The summed E-state index contributed by atoms with van der Waals surface area (Å²) < 4.78 is 0.724. The Balaban J connectivity index is 2.28. The van der Waals surface area contributed by atoms with Crippen LogP contribution in [-0.4, -0.2) is 10.8 Å². The third-order valence-electron chi connectivity index (χ3n) is 2.44. The summed E-state index contributed by atoms with van der Waals surface area (Å²) in [4.78, 5) is 16.1. The molecule has 1 aromatic heterocycles. The highest BCUT2D eigenvalue weighted by atomic mass is 79.9. The second-order valence-electron chi connectivity index (χ2n) is 3.69. The summed E-state index contributed by atoms with van der Waals surface area (Å²) in [6.07, 6.45) is 3.36. The molecule has 1 aromatic carbocycles. The minimum absolute atomic E-state index is 0.0440. The zero-order valence-electron chi connectivity index (χ0n) is 9.16. The molecule has 18 heavy (non-hydrogen) atoms. The van der Waals surface area contributed by atoms with Gasteiger partial charge in [-0.3, -0.25) is 9.78 Å². The third-order valence-corrected chi connectivity index (χ3v) is 3.70. The van der Waals surface area contributed by atoms with Crippen molar-refractivity contribution in [2.45, 2.75) is 6.42 Å². The number of aromatic nitrogens is 1. The molecule has 0 aliphatic heterocycles. The maximum absolute atomic E-state index is 12.2. The number of ketones is 1. The van der Waals surface area contributed by atoms with Gasteiger partial charge in [-0.2, -0.15) is 0 Å². The minimum Gasteiger partial charge on any atom is -0.294 e. The maximum atomic E-state index is 12.2. The molecule has 0 N–H and O–H groups in total. The van der Waals surface area contributed by atoms with Crippen molar-refractivity contribution in [1.29, 1.82) is 0 Å². The molecule has 0 unspecified atom stereocenters. The highest BCUT2D eigenvalue weighted by Gasteiger charge is 2.13. The van der Waals surface area contributed by atoms with Crippen LogP contribution in [0.3, 0.4) is 0 Å². The van der Waals surface area contributed by atoms with E-state index in [2.05, 4.69) is 20.9 Å². The van der Waals surface area contributed by atoms with Crippen LogP contribution in [0.1, 0.15) is 15.9 Å². The minimum atomic E-state index is -0.0440. The lowest BCUT2D eigenvalue weighted by atomic mass is 10.0. The number of pyridine rings is 1. The average Bonchev–Trinajstić information content (AvgIpc) is 2.35. The molecule has 0 bridgehead atoms. The van der Waals surface area contributed by atoms with Gasteiger partial charge >= 0.3 is 0 Å². The van der Waals surface area contributed by atoms with Crippen molar-refractivity contribution < 1.29 is 4.79 Å². The van der Waals surface area contributed by atoms with E-state index in [0.717, 1.165) is 10.0 Å². The van der Waals surface area contributed by atoms with E-state index >= 15 is 0 Å². The molecule has 92 valence electrons. The molecular formula is C13H8BrCl2NO. The molecule has 0 fully saturated rings. The Labute approximate surface area is 123 Å². The standard InChI is InChI=1S/C13H8BrCl2NO/c14-11-2-1-9(15)6-10(11)13(18)5-8-3-4-17-7-12(8)16/h1-4,6-7H,5H2. The van der Waals surface area contributed by atoms with Gasteiger partial charge in [0.25, 0.3) is 0 Å². The highest BCUT2D eigenvalue weighted by Crippen LogP contribution is 2.24. The molecule has 0 amide bonds. The molecule has 2 aromatic rings. The fraction of sp³-hybridized carbons (Fsp3) is 0.0769. The fourth-order valence-corrected chi connectivity index (χ4v) is 2.35. The molecule has 1 heterocycles. The molecule has 0 aliphatic carbocycles. The molecule has 2 rings (SSSR count). The number of hydrogen-bond acceptors (Lipinski definition) is 2. The van der Waals surface area contributed by atoms with Gasteiger partial charge in [-0.05, 0) is 29.8 Å². The molecule has 5 heteroatoms. The number of rotatable bonds is 3. The van der Waals surface area contributed by atoms with Gasteiger partial charge < -0.3 is 0 Å². The van der Waals surface area contributed by atoms with Gasteiger partial charge in [0.15, 0.2) is 5.78 Å². The maximum Gasteiger partial charge on any atom is 0.168 e. The summed E-state index contributed by atoms with van der Waals surface area (Å²) in [6.45, 7) is 0. The molecule has 2 nitrogen and oxygen atoms in total. The summed E-state index contributed by atoms with van der Waals surface area (Å²) in [7, 11) is 0. The number of carbonyl (C=O) groups excluding carboxylic acids is 1. The van der Waals surface area contributed by atoms with Crippen molar-refractivity contribution in [3.05, 3.63) is 62.3 Å². The summed E-state index contributed by atoms with van der Waals surface area (Å²) in [6, 6.07) is 6.85. The van der Waals surface area contributed by atoms with Crippen molar-refractivity contribution >= 4 is 44.9 Å². The number of benzene rings is 1. The van der Waals surface area contributed by atoms with Crippen LogP contribution in [0.5, 0.6) is 0 Å². The van der Waals surface area contributed by atoms with E-state index in [-0.39, 0.29) is 12.2 Å². The van der Waals surface area contributed by atoms with Crippen molar-refractivity contribution in [2.24, 2.45) is 0 Å². The Morgan fingerprint density at radius 2 is 2.06 bits per heavy atom. The van der Waals surface area contributed by atoms with Crippen LogP contribution in [0.15, 0.2) is 41.1 Å². The first-order chi connectivity index (χ1) is 8.58.